The molecule has 2 amide bonds. The van der Waals surface area contributed by atoms with Gasteiger partial charge in [0, 0.05) is 22.7 Å². The number of nitrogens with one attached hydrogen (secondary N) is 2. The van der Waals surface area contributed by atoms with Gasteiger partial charge in [-0.05, 0) is 47.0 Å². The summed E-state index contributed by atoms with van der Waals surface area (Å²) in [7, 11) is 1.54. The number of carbonyl (C=O) groups is 2. The lowest BCUT2D eigenvalue weighted by Crippen LogP contribution is -2.43. The first kappa shape index (κ1) is 17.9. The molecule has 0 bridgehead atoms. The van der Waals surface area contributed by atoms with E-state index in [-0.39, 0.29) is 0 Å². The maximum Gasteiger partial charge on any atom is 0.326 e. The SMILES string of the molecule is COCCCC(NC(=O)Nc1ccc(Br)cc1Br)C(=O)O. The Kier molecular flexibility index (Phi) is 7.69. The summed E-state index contributed by atoms with van der Waals surface area (Å²) in [6.45, 7) is 0.450. The normalized spacial score (nSPS) is 11.8. The molecule has 21 heavy (non-hydrogen) atoms. The smallest absolute Gasteiger partial charge is 0.326 e. The number of hydrogen-bond donors (Lipinski definition) is 3. The van der Waals surface area contributed by atoms with E-state index >= 15 is 0 Å². The van der Waals surface area contributed by atoms with E-state index in [1.54, 1.807) is 25.3 Å². The molecular formula is C13H16Br2N2O4. The van der Waals surface area contributed by atoms with Gasteiger partial charge in [0.05, 0.1) is 5.69 Å². The predicted molar refractivity (Wildman–Crippen MR) is 86.5 cm³/mol. The molecule has 1 aromatic rings. The zero-order valence-electron chi connectivity index (χ0n) is 11.4. The van der Waals surface area contributed by atoms with Crippen LogP contribution in [0.3, 0.4) is 0 Å². The van der Waals surface area contributed by atoms with Gasteiger partial charge in [0.15, 0.2) is 0 Å². The third-order valence-electron chi connectivity index (χ3n) is 2.62. The lowest BCUT2D eigenvalue weighted by Gasteiger charge is -2.15. The van der Waals surface area contributed by atoms with Gasteiger partial charge in [-0.1, -0.05) is 15.9 Å². The van der Waals surface area contributed by atoms with E-state index in [0.717, 1.165) is 4.47 Å². The van der Waals surface area contributed by atoms with Crippen LogP contribution in [0.4, 0.5) is 10.5 Å². The van der Waals surface area contributed by atoms with Crippen LogP contribution in [0.5, 0.6) is 0 Å². The molecule has 0 aliphatic heterocycles. The molecule has 0 aliphatic rings. The largest absolute Gasteiger partial charge is 0.480 e. The van der Waals surface area contributed by atoms with Crippen molar-refractivity contribution in [1.82, 2.24) is 5.32 Å². The molecule has 3 N–H and O–H groups in total. The molecule has 1 rings (SSSR count). The lowest BCUT2D eigenvalue weighted by molar-refractivity contribution is -0.139. The first-order valence-electron chi connectivity index (χ1n) is 6.18. The zero-order valence-corrected chi connectivity index (χ0v) is 14.5. The predicted octanol–water partition coefficient (Wildman–Crippen LogP) is 3.21. The number of benzene rings is 1. The van der Waals surface area contributed by atoms with Gasteiger partial charge >= 0.3 is 12.0 Å². The Bertz CT molecular complexity index is 511. The molecule has 0 aliphatic carbocycles. The number of carboxylic acids is 1. The van der Waals surface area contributed by atoms with Crippen molar-refractivity contribution in [3.05, 3.63) is 27.1 Å². The molecule has 0 radical (unpaired) electrons. The van der Waals surface area contributed by atoms with Crippen LogP contribution in [0.25, 0.3) is 0 Å². The minimum absolute atomic E-state index is 0.304. The highest BCUT2D eigenvalue weighted by Crippen LogP contribution is 2.26. The highest BCUT2D eigenvalue weighted by molar-refractivity contribution is 9.11. The summed E-state index contributed by atoms with van der Waals surface area (Å²) in [5.74, 6) is -1.07. The van der Waals surface area contributed by atoms with Crippen molar-refractivity contribution < 1.29 is 19.4 Å². The van der Waals surface area contributed by atoms with Crippen molar-refractivity contribution >= 4 is 49.5 Å². The molecule has 1 atom stereocenters. The van der Waals surface area contributed by atoms with E-state index in [1.165, 1.54) is 0 Å². The number of anilines is 1. The van der Waals surface area contributed by atoms with Crippen molar-refractivity contribution in [2.75, 3.05) is 19.0 Å². The second-order valence-electron chi connectivity index (χ2n) is 4.25. The number of rotatable bonds is 7. The Morgan fingerprint density at radius 2 is 2.10 bits per heavy atom. The number of amides is 2. The molecule has 1 aromatic carbocycles. The summed E-state index contributed by atoms with van der Waals surface area (Å²) in [6, 6.07) is 3.74. The fourth-order valence-corrected chi connectivity index (χ4v) is 2.74. The van der Waals surface area contributed by atoms with Crippen LogP contribution < -0.4 is 10.6 Å². The highest BCUT2D eigenvalue weighted by Gasteiger charge is 2.19. The molecule has 0 saturated carbocycles. The Morgan fingerprint density at radius 3 is 2.67 bits per heavy atom. The lowest BCUT2D eigenvalue weighted by atomic mass is 10.1. The number of carbonyl (C=O) groups excluding carboxylic acids is 1. The molecule has 6 nitrogen and oxygen atoms in total. The number of hydrogen-bond acceptors (Lipinski definition) is 3. The van der Waals surface area contributed by atoms with Gasteiger partial charge < -0.3 is 20.5 Å². The summed E-state index contributed by atoms with van der Waals surface area (Å²) in [5.41, 5.74) is 0.553. The molecule has 0 spiro atoms. The van der Waals surface area contributed by atoms with Crippen LogP contribution in [0.1, 0.15) is 12.8 Å². The summed E-state index contributed by atoms with van der Waals surface area (Å²) in [6.07, 6.45) is 0.855. The van der Waals surface area contributed by atoms with Crippen LogP contribution in [-0.2, 0) is 9.53 Å². The topological polar surface area (TPSA) is 87.7 Å². The van der Waals surface area contributed by atoms with E-state index in [1.807, 2.05) is 0 Å². The van der Waals surface area contributed by atoms with E-state index in [4.69, 9.17) is 9.84 Å². The summed E-state index contributed by atoms with van der Waals surface area (Å²) < 4.78 is 6.42. The standard InChI is InChI=1S/C13H16Br2N2O4/c1-21-6-2-3-11(12(18)19)17-13(20)16-10-5-4-8(14)7-9(10)15/h4-5,7,11H,2-3,6H2,1H3,(H,18,19)(H2,16,17,20). The fraction of sp³-hybridized carbons (Fsp3) is 0.385. The van der Waals surface area contributed by atoms with Gasteiger partial charge in [-0.15, -0.1) is 0 Å². The fourth-order valence-electron chi connectivity index (χ4n) is 1.60. The number of methoxy groups -OCH3 is 1. The van der Waals surface area contributed by atoms with Crippen molar-refractivity contribution in [3.8, 4) is 0 Å². The van der Waals surface area contributed by atoms with Gasteiger partial charge in [-0.2, -0.15) is 0 Å². The second-order valence-corrected chi connectivity index (χ2v) is 6.02. The molecule has 0 heterocycles. The molecular weight excluding hydrogens is 408 g/mol. The summed E-state index contributed by atoms with van der Waals surface area (Å²) in [5, 5.41) is 14.1. The van der Waals surface area contributed by atoms with Crippen molar-refractivity contribution in [1.29, 1.82) is 0 Å². The monoisotopic (exact) mass is 422 g/mol. The second kappa shape index (κ2) is 9.01. The Labute approximate surface area is 139 Å². The Morgan fingerprint density at radius 1 is 1.38 bits per heavy atom. The Hall–Kier alpha value is -1.12. The number of ether oxygens (including phenoxy) is 1. The van der Waals surface area contributed by atoms with Gasteiger partial charge in [0.1, 0.15) is 6.04 Å². The van der Waals surface area contributed by atoms with Gasteiger partial charge in [-0.3, -0.25) is 0 Å². The van der Waals surface area contributed by atoms with E-state index < -0.39 is 18.0 Å². The van der Waals surface area contributed by atoms with Crippen LogP contribution in [0.2, 0.25) is 0 Å². The first-order chi connectivity index (χ1) is 9.93. The maximum atomic E-state index is 11.8. The third-order valence-corrected chi connectivity index (χ3v) is 3.77. The average molecular weight is 424 g/mol. The van der Waals surface area contributed by atoms with Crippen LogP contribution in [-0.4, -0.2) is 36.9 Å². The van der Waals surface area contributed by atoms with E-state index in [9.17, 15) is 9.59 Å². The molecule has 0 saturated heterocycles. The van der Waals surface area contributed by atoms with Crippen molar-refractivity contribution in [2.24, 2.45) is 0 Å². The number of aliphatic carboxylic acids is 1. The maximum absolute atomic E-state index is 11.8. The van der Waals surface area contributed by atoms with Crippen LogP contribution in [0.15, 0.2) is 27.1 Å². The van der Waals surface area contributed by atoms with E-state index in [0.29, 0.717) is 29.6 Å². The average Bonchev–Trinajstić information content (AvgIpc) is 2.41. The minimum Gasteiger partial charge on any atom is -0.480 e. The zero-order chi connectivity index (χ0) is 15.8. The summed E-state index contributed by atoms with van der Waals surface area (Å²) in [4.78, 5) is 22.9. The molecule has 0 fully saturated rings. The number of halogens is 2. The molecule has 1 unspecified atom stereocenters. The molecule has 116 valence electrons. The molecule has 0 aromatic heterocycles. The molecule has 8 heteroatoms. The quantitative estimate of drug-likeness (QED) is 0.587. The third kappa shape index (κ3) is 6.45. The van der Waals surface area contributed by atoms with Crippen molar-refractivity contribution in [2.45, 2.75) is 18.9 Å². The van der Waals surface area contributed by atoms with Gasteiger partial charge in [0.2, 0.25) is 0 Å². The summed E-state index contributed by atoms with van der Waals surface area (Å²) >= 11 is 6.63. The number of carboxylic acid groups (broad SMARTS) is 1. The van der Waals surface area contributed by atoms with Gasteiger partial charge in [-0.25, -0.2) is 9.59 Å². The minimum atomic E-state index is -1.07. The first-order valence-corrected chi connectivity index (χ1v) is 7.77. The van der Waals surface area contributed by atoms with Gasteiger partial charge in [0.25, 0.3) is 0 Å². The van der Waals surface area contributed by atoms with Crippen LogP contribution in [0, 0.1) is 0 Å². The highest BCUT2D eigenvalue weighted by atomic mass is 79.9. The number of urea groups is 1. The van der Waals surface area contributed by atoms with Crippen LogP contribution >= 0.6 is 31.9 Å². The van der Waals surface area contributed by atoms with E-state index in [2.05, 4.69) is 42.5 Å². The Balaban J connectivity index is 2.59. The van der Waals surface area contributed by atoms with Crippen molar-refractivity contribution in [3.63, 3.8) is 0 Å².